The van der Waals surface area contributed by atoms with Crippen molar-refractivity contribution >= 4 is 28.6 Å². The number of benzene rings is 1. The van der Waals surface area contributed by atoms with Crippen LogP contribution in [0.1, 0.15) is 36.0 Å². The summed E-state index contributed by atoms with van der Waals surface area (Å²) in [5.41, 5.74) is 1.09. The first-order chi connectivity index (χ1) is 9.74. The van der Waals surface area contributed by atoms with Crippen LogP contribution in [0.5, 0.6) is 0 Å². The summed E-state index contributed by atoms with van der Waals surface area (Å²) in [6.07, 6.45) is 5.39. The van der Waals surface area contributed by atoms with Crippen LogP contribution in [-0.4, -0.2) is 21.8 Å². The minimum absolute atomic E-state index is 0.322. The lowest BCUT2D eigenvalue weighted by Crippen LogP contribution is -1.99. The molecule has 1 aliphatic rings. The van der Waals surface area contributed by atoms with Crippen LogP contribution in [0, 0.1) is 5.92 Å². The molecule has 0 amide bonds. The molecular formula is C16H17NO2S. The Balaban J connectivity index is 1.81. The number of carbonyl (C=O) groups is 1. The molecule has 2 aromatic rings. The highest BCUT2D eigenvalue weighted by Crippen LogP contribution is 2.31. The van der Waals surface area contributed by atoms with Crippen molar-refractivity contribution in [1.82, 2.24) is 4.98 Å². The van der Waals surface area contributed by atoms with E-state index in [4.69, 9.17) is 5.11 Å². The average molecular weight is 287 g/mol. The molecule has 1 aromatic heterocycles. The zero-order valence-corrected chi connectivity index (χ0v) is 12.0. The van der Waals surface area contributed by atoms with Crippen molar-refractivity contribution in [2.75, 3.05) is 5.75 Å². The van der Waals surface area contributed by atoms with Gasteiger partial charge in [-0.3, -0.25) is 0 Å². The Hall–Kier alpha value is -1.55. The van der Waals surface area contributed by atoms with E-state index in [1.807, 2.05) is 18.2 Å². The third kappa shape index (κ3) is 2.80. The SMILES string of the molecule is O=C(O)c1cccc2nc(SCC3CCCC3)ccc12. The number of carboxylic acid groups (broad SMARTS) is 1. The van der Waals surface area contributed by atoms with E-state index in [-0.39, 0.29) is 0 Å². The van der Waals surface area contributed by atoms with Crippen molar-refractivity contribution in [1.29, 1.82) is 0 Å². The van der Waals surface area contributed by atoms with E-state index in [0.29, 0.717) is 10.9 Å². The van der Waals surface area contributed by atoms with Gasteiger partial charge in [0.1, 0.15) is 0 Å². The first-order valence-electron chi connectivity index (χ1n) is 7.00. The van der Waals surface area contributed by atoms with Crippen LogP contribution in [0.15, 0.2) is 35.4 Å². The van der Waals surface area contributed by atoms with Crippen LogP contribution in [0.4, 0.5) is 0 Å². The van der Waals surface area contributed by atoms with Crippen molar-refractivity contribution in [3.63, 3.8) is 0 Å². The van der Waals surface area contributed by atoms with Gasteiger partial charge in [0.25, 0.3) is 0 Å². The van der Waals surface area contributed by atoms with E-state index >= 15 is 0 Å². The predicted molar refractivity (Wildman–Crippen MR) is 81.4 cm³/mol. The number of rotatable bonds is 4. The smallest absolute Gasteiger partial charge is 0.336 e. The quantitative estimate of drug-likeness (QED) is 0.856. The van der Waals surface area contributed by atoms with E-state index in [0.717, 1.165) is 22.2 Å². The zero-order chi connectivity index (χ0) is 13.9. The monoisotopic (exact) mass is 287 g/mol. The Morgan fingerprint density at radius 2 is 2.05 bits per heavy atom. The van der Waals surface area contributed by atoms with Crippen molar-refractivity contribution in [2.45, 2.75) is 30.7 Å². The molecule has 1 aromatic carbocycles. The Morgan fingerprint density at radius 3 is 2.80 bits per heavy atom. The lowest BCUT2D eigenvalue weighted by atomic mass is 10.1. The highest BCUT2D eigenvalue weighted by molar-refractivity contribution is 7.99. The highest BCUT2D eigenvalue weighted by atomic mass is 32.2. The van der Waals surface area contributed by atoms with Gasteiger partial charge in [-0.15, -0.1) is 11.8 Å². The molecule has 1 N–H and O–H groups in total. The molecular weight excluding hydrogens is 270 g/mol. The average Bonchev–Trinajstić information content (AvgIpc) is 2.97. The molecule has 0 saturated heterocycles. The molecule has 1 saturated carbocycles. The molecule has 0 unspecified atom stereocenters. The normalized spacial score (nSPS) is 15.8. The maximum absolute atomic E-state index is 11.2. The fourth-order valence-corrected chi connectivity index (χ4v) is 3.85. The maximum Gasteiger partial charge on any atom is 0.336 e. The number of nitrogens with zero attached hydrogens (tertiary/aromatic N) is 1. The van der Waals surface area contributed by atoms with E-state index in [1.165, 1.54) is 25.7 Å². The summed E-state index contributed by atoms with van der Waals surface area (Å²) < 4.78 is 0. The van der Waals surface area contributed by atoms with Gasteiger partial charge in [0, 0.05) is 11.1 Å². The predicted octanol–water partition coefficient (Wildman–Crippen LogP) is 4.22. The van der Waals surface area contributed by atoms with E-state index in [1.54, 1.807) is 23.9 Å². The lowest BCUT2D eigenvalue weighted by Gasteiger charge is -2.08. The summed E-state index contributed by atoms with van der Waals surface area (Å²) in [6.45, 7) is 0. The van der Waals surface area contributed by atoms with E-state index in [9.17, 15) is 4.79 Å². The number of carboxylic acids is 1. The first-order valence-corrected chi connectivity index (χ1v) is 7.98. The Labute approximate surface area is 122 Å². The first kappa shape index (κ1) is 13.4. The number of aromatic nitrogens is 1. The summed E-state index contributed by atoms with van der Waals surface area (Å²) >= 11 is 1.79. The maximum atomic E-state index is 11.2. The highest BCUT2D eigenvalue weighted by Gasteiger charge is 2.15. The molecule has 20 heavy (non-hydrogen) atoms. The number of thioether (sulfide) groups is 1. The van der Waals surface area contributed by atoms with E-state index in [2.05, 4.69) is 4.98 Å². The molecule has 104 valence electrons. The van der Waals surface area contributed by atoms with Gasteiger partial charge in [-0.2, -0.15) is 0 Å². The largest absolute Gasteiger partial charge is 0.478 e. The minimum Gasteiger partial charge on any atom is -0.478 e. The van der Waals surface area contributed by atoms with Crippen molar-refractivity contribution in [3.8, 4) is 0 Å². The fraction of sp³-hybridized carbons (Fsp3) is 0.375. The molecule has 1 fully saturated rings. The second kappa shape index (κ2) is 5.83. The number of hydrogen-bond acceptors (Lipinski definition) is 3. The lowest BCUT2D eigenvalue weighted by molar-refractivity contribution is 0.0699. The summed E-state index contributed by atoms with van der Waals surface area (Å²) in [5.74, 6) is 1.04. The molecule has 4 heteroatoms. The van der Waals surface area contributed by atoms with Gasteiger partial charge >= 0.3 is 5.97 Å². The van der Waals surface area contributed by atoms with Crippen molar-refractivity contribution in [2.24, 2.45) is 5.92 Å². The molecule has 0 atom stereocenters. The van der Waals surface area contributed by atoms with Crippen LogP contribution in [-0.2, 0) is 0 Å². The van der Waals surface area contributed by atoms with Gasteiger partial charge in [-0.05, 0) is 43.0 Å². The molecule has 1 aliphatic carbocycles. The fourth-order valence-electron chi connectivity index (χ4n) is 2.78. The van der Waals surface area contributed by atoms with Gasteiger partial charge in [-0.1, -0.05) is 18.9 Å². The molecule has 3 nitrogen and oxygen atoms in total. The van der Waals surface area contributed by atoms with Gasteiger partial charge in [0.2, 0.25) is 0 Å². The molecule has 0 spiro atoms. The Kier molecular flexibility index (Phi) is 3.92. The van der Waals surface area contributed by atoms with Crippen LogP contribution >= 0.6 is 11.8 Å². The van der Waals surface area contributed by atoms with Gasteiger partial charge in [-0.25, -0.2) is 9.78 Å². The van der Waals surface area contributed by atoms with Crippen LogP contribution in [0.2, 0.25) is 0 Å². The summed E-state index contributed by atoms with van der Waals surface area (Å²) in [5, 5.41) is 10.9. The van der Waals surface area contributed by atoms with Crippen molar-refractivity contribution < 1.29 is 9.90 Å². The molecule has 3 rings (SSSR count). The van der Waals surface area contributed by atoms with Crippen molar-refractivity contribution in [3.05, 3.63) is 35.9 Å². The number of fused-ring (bicyclic) bond motifs is 1. The molecule has 0 aliphatic heterocycles. The topological polar surface area (TPSA) is 50.2 Å². The number of aromatic carboxylic acids is 1. The third-order valence-electron chi connectivity index (χ3n) is 3.88. The summed E-state index contributed by atoms with van der Waals surface area (Å²) in [6, 6.07) is 9.07. The Bertz CT molecular complexity index is 635. The molecule has 0 bridgehead atoms. The van der Waals surface area contributed by atoms with Crippen LogP contribution in [0.25, 0.3) is 10.9 Å². The summed E-state index contributed by atoms with van der Waals surface area (Å²) in [7, 11) is 0. The van der Waals surface area contributed by atoms with Gasteiger partial charge < -0.3 is 5.11 Å². The molecule has 1 heterocycles. The molecule has 0 radical (unpaired) electrons. The Morgan fingerprint density at radius 1 is 1.25 bits per heavy atom. The zero-order valence-electron chi connectivity index (χ0n) is 11.2. The third-order valence-corrected chi connectivity index (χ3v) is 5.04. The number of hydrogen-bond donors (Lipinski definition) is 1. The standard InChI is InChI=1S/C16H17NO2S/c18-16(19)13-6-3-7-14-12(13)8-9-15(17-14)20-10-11-4-1-2-5-11/h3,6-9,11H,1-2,4-5,10H2,(H,18,19). The van der Waals surface area contributed by atoms with Crippen LogP contribution < -0.4 is 0 Å². The van der Waals surface area contributed by atoms with Crippen LogP contribution in [0.3, 0.4) is 0 Å². The summed E-state index contributed by atoms with van der Waals surface area (Å²) in [4.78, 5) is 15.7. The number of pyridine rings is 1. The van der Waals surface area contributed by atoms with E-state index < -0.39 is 5.97 Å². The van der Waals surface area contributed by atoms with Gasteiger partial charge in [0.15, 0.2) is 0 Å². The minimum atomic E-state index is -0.899. The second-order valence-electron chi connectivity index (χ2n) is 5.29. The van der Waals surface area contributed by atoms with Gasteiger partial charge in [0.05, 0.1) is 16.1 Å². The second-order valence-corrected chi connectivity index (χ2v) is 6.33.